The normalized spacial score (nSPS) is 17.6. The van der Waals surface area contributed by atoms with Gasteiger partial charge < -0.3 is 10.6 Å². The topological polar surface area (TPSA) is 29.3 Å². The van der Waals surface area contributed by atoms with Gasteiger partial charge in [-0.25, -0.2) is 0 Å². The van der Waals surface area contributed by atoms with Gasteiger partial charge in [-0.1, -0.05) is 12.5 Å². The predicted octanol–water partition coefficient (Wildman–Crippen LogP) is 3.71. The second kappa shape index (κ2) is 5.40. The Morgan fingerprint density at radius 2 is 2.18 bits per heavy atom. The number of rotatable bonds is 4. The first-order valence-corrected chi connectivity index (χ1v) is 7.13. The summed E-state index contributed by atoms with van der Waals surface area (Å²) in [5.41, 5.74) is 8.33. The zero-order valence-electron chi connectivity index (χ0n) is 10.6. The molecule has 0 radical (unpaired) electrons. The van der Waals surface area contributed by atoms with Crippen LogP contribution >= 0.6 is 15.9 Å². The lowest BCUT2D eigenvalue weighted by molar-refractivity contribution is 0.321. The highest BCUT2D eigenvalue weighted by molar-refractivity contribution is 9.10. The first-order valence-electron chi connectivity index (χ1n) is 6.34. The summed E-state index contributed by atoms with van der Waals surface area (Å²) in [6, 6.07) is 6.53. The van der Waals surface area contributed by atoms with Crippen molar-refractivity contribution in [3.8, 4) is 0 Å². The van der Waals surface area contributed by atoms with E-state index < -0.39 is 0 Å². The van der Waals surface area contributed by atoms with Crippen LogP contribution in [0.4, 0.5) is 5.69 Å². The average Bonchev–Trinajstić information content (AvgIpc) is 2.22. The van der Waals surface area contributed by atoms with Gasteiger partial charge >= 0.3 is 0 Å². The summed E-state index contributed by atoms with van der Waals surface area (Å²) >= 11 is 3.65. The molecular formula is C14H21BrN2. The lowest BCUT2D eigenvalue weighted by atomic mass is 9.85. The molecule has 0 bridgehead atoms. The summed E-state index contributed by atoms with van der Waals surface area (Å²) < 4.78 is 1.15. The third-order valence-electron chi connectivity index (χ3n) is 3.67. The van der Waals surface area contributed by atoms with Gasteiger partial charge in [-0.3, -0.25) is 0 Å². The fraction of sp³-hybridized carbons (Fsp3) is 0.571. The van der Waals surface area contributed by atoms with Gasteiger partial charge in [0.2, 0.25) is 0 Å². The van der Waals surface area contributed by atoms with Crippen LogP contribution in [0.1, 0.15) is 37.8 Å². The maximum Gasteiger partial charge on any atom is 0.0508 e. The third-order valence-corrected chi connectivity index (χ3v) is 4.30. The first kappa shape index (κ1) is 12.9. The Morgan fingerprint density at radius 1 is 1.47 bits per heavy atom. The number of halogens is 1. The molecule has 1 fully saturated rings. The van der Waals surface area contributed by atoms with Crippen molar-refractivity contribution in [2.75, 3.05) is 18.5 Å². The Balaban J connectivity index is 2.08. The molecule has 1 aromatic rings. The third kappa shape index (κ3) is 3.02. The standard InChI is InChI=1S/C14H21BrN2/c1-10(16)12-6-7-14(13(15)8-12)17(2)9-11-4-3-5-11/h6-8,10-11H,3-5,9,16H2,1-2H3/t10-/m0/s1. The maximum atomic E-state index is 5.89. The number of hydrogen-bond acceptors (Lipinski definition) is 2. The van der Waals surface area contributed by atoms with Crippen LogP contribution in [0, 0.1) is 5.92 Å². The molecule has 0 unspecified atom stereocenters. The highest BCUT2D eigenvalue weighted by Crippen LogP contribution is 2.32. The molecule has 2 rings (SSSR count). The number of hydrogen-bond donors (Lipinski definition) is 1. The predicted molar refractivity (Wildman–Crippen MR) is 77.4 cm³/mol. The zero-order chi connectivity index (χ0) is 12.4. The SMILES string of the molecule is C[C@H](N)c1ccc(N(C)CC2CCC2)c(Br)c1. The molecule has 0 heterocycles. The molecule has 3 heteroatoms. The van der Waals surface area contributed by atoms with E-state index >= 15 is 0 Å². The molecule has 2 N–H and O–H groups in total. The second-order valence-corrected chi connectivity index (χ2v) is 6.03. The maximum absolute atomic E-state index is 5.89. The molecule has 1 saturated carbocycles. The van der Waals surface area contributed by atoms with Crippen LogP contribution in [-0.2, 0) is 0 Å². The molecule has 1 atom stereocenters. The Kier molecular flexibility index (Phi) is 4.10. The second-order valence-electron chi connectivity index (χ2n) is 5.18. The lowest BCUT2D eigenvalue weighted by Gasteiger charge is -2.32. The van der Waals surface area contributed by atoms with E-state index in [4.69, 9.17) is 5.73 Å². The molecule has 2 nitrogen and oxygen atoms in total. The molecule has 0 amide bonds. The monoisotopic (exact) mass is 296 g/mol. The summed E-state index contributed by atoms with van der Waals surface area (Å²) in [4.78, 5) is 2.35. The minimum Gasteiger partial charge on any atom is -0.373 e. The molecule has 1 aromatic carbocycles. The minimum atomic E-state index is 0.0947. The number of nitrogens with two attached hydrogens (primary N) is 1. The summed E-state index contributed by atoms with van der Waals surface area (Å²) in [7, 11) is 2.17. The van der Waals surface area contributed by atoms with Gasteiger partial charge in [0, 0.05) is 24.1 Å². The van der Waals surface area contributed by atoms with Crippen molar-refractivity contribution in [1.82, 2.24) is 0 Å². The Morgan fingerprint density at radius 3 is 2.65 bits per heavy atom. The van der Waals surface area contributed by atoms with E-state index in [-0.39, 0.29) is 6.04 Å². The fourth-order valence-corrected chi connectivity index (χ4v) is 2.98. The van der Waals surface area contributed by atoms with E-state index in [9.17, 15) is 0 Å². The molecule has 17 heavy (non-hydrogen) atoms. The van der Waals surface area contributed by atoms with Crippen LogP contribution in [0.15, 0.2) is 22.7 Å². The molecule has 0 saturated heterocycles. The summed E-state index contributed by atoms with van der Waals surface area (Å²) in [5, 5.41) is 0. The average molecular weight is 297 g/mol. The smallest absolute Gasteiger partial charge is 0.0508 e. The molecule has 1 aliphatic rings. The van der Waals surface area contributed by atoms with Crippen LogP contribution < -0.4 is 10.6 Å². The van der Waals surface area contributed by atoms with Gasteiger partial charge in [-0.15, -0.1) is 0 Å². The van der Waals surface area contributed by atoms with Crippen molar-refractivity contribution in [3.05, 3.63) is 28.2 Å². The number of nitrogens with zero attached hydrogens (tertiary/aromatic N) is 1. The van der Waals surface area contributed by atoms with Crippen molar-refractivity contribution >= 4 is 21.6 Å². The van der Waals surface area contributed by atoms with E-state index in [1.54, 1.807) is 0 Å². The zero-order valence-corrected chi connectivity index (χ0v) is 12.2. The minimum absolute atomic E-state index is 0.0947. The van der Waals surface area contributed by atoms with Crippen molar-refractivity contribution in [2.24, 2.45) is 11.7 Å². The molecule has 1 aliphatic carbocycles. The van der Waals surface area contributed by atoms with Gasteiger partial charge in [-0.2, -0.15) is 0 Å². The van der Waals surface area contributed by atoms with Crippen molar-refractivity contribution in [1.29, 1.82) is 0 Å². The summed E-state index contributed by atoms with van der Waals surface area (Å²) in [5.74, 6) is 0.889. The van der Waals surface area contributed by atoms with E-state index in [2.05, 4.69) is 46.1 Å². The molecule has 94 valence electrons. The Hall–Kier alpha value is -0.540. The van der Waals surface area contributed by atoms with Gasteiger partial charge in [0.05, 0.1) is 5.69 Å². The van der Waals surface area contributed by atoms with Crippen LogP contribution in [-0.4, -0.2) is 13.6 Å². The molecular weight excluding hydrogens is 276 g/mol. The summed E-state index contributed by atoms with van der Waals surface area (Å²) in [6.45, 7) is 3.18. The van der Waals surface area contributed by atoms with Crippen molar-refractivity contribution in [2.45, 2.75) is 32.2 Å². The number of anilines is 1. The van der Waals surface area contributed by atoms with Crippen LogP contribution in [0.5, 0.6) is 0 Å². The van der Waals surface area contributed by atoms with Crippen molar-refractivity contribution < 1.29 is 0 Å². The van der Waals surface area contributed by atoms with Crippen LogP contribution in [0.2, 0.25) is 0 Å². The Labute approximate surface area is 112 Å². The van der Waals surface area contributed by atoms with Gasteiger partial charge in [-0.05, 0) is 59.3 Å². The highest BCUT2D eigenvalue weighted by Gasteiger charge is 2.20. The van der Waals surface area contributed by atoms with Gasteiger partial charge in [0.1, 0.15) is 0 Å². The fourth-order valence-electron chi connectivity index (χ4n) is 2.28. The molecule has 0 aliphatic heterocycles. The van der Waals surface area contributed by atoms with Gasteiger partial charge in [0.15, 0.2) is 0 Å². The van der Waals surface area contributed by atoms with Gasteiger partial charge in [0.25, 0.3) is 0 Å². The number of benzene rings is 1. The largest absolute Gasteiger partial charge is 0.373 e. The quantitative estimate of drug-likeness (QED) is 0.918. The van der Waals surface area contributed by atoms with Crippen LogP contribution in [0.25, 0.3) is 0 Å². The van der Waals surface area contributed by atoms with E-state index in [0.29, 0.717) is 0 Å². The highest BCUT2D eigenvalue weighted by atomic mass is 79.9. The lowest BCUT2D eigenvalue weighted by Crippen LogP contribution is -2.29. The van der Waals surface area contributed by atoms with E-state index in [0.717, 1.165) is 16.9 Å². The van der Waals surface area contributed by atoms with E-state index in [1.165, 1.54) is 30.5 Å². The van der Waals surface area contributed by atoms with Crippen molar-refractivity contribution in [3.63, 3.8) is 0 Å². The van der Waals surface area contributed by atoms with E-state index in [1.807, 2.05) is 6.92 Å². The molecule has 0 aromatic heterocycles. The molecule has 0 spiro atoms. The first-order chi connectivity index (χ1) is 8.08. The Bertz CT molecular complexity index is 386. The summed E-state index contributed by atoms with van der Waals surface area (Å²) in [6.07, 6.45) is 4.18. The van der Waals surface area contributed by atoms with Crippen LogP contribution in [0.3, 0.4) is 0 Å².